The predicted molar refractivity (Wildman–Crippen MR) is 191 cm³/mol. The van der Waals surface area contributed by atoms with Crippen molar-refractivity contribution >= 4 is 10.8 Å². The molecule has 247 valence electrons. The number of rotatable bonds is 6. The molecule has 4 nitrogen and oxygen atoms in total. The van der Waals surface area contributed by atoms with Crippen LogP contribution >= 0.6 is 0 Å². The molecule has 2 N–H and O–H groups in total. The second-order valence-electron chi connectivity index (χ2n) is 13.8. The smallest absolute Gasteiger partial charge is 0.0814 e. The average molecular weight is 811 g/mol. The Bertz CT molecular complexity index is 1920. The molecule has 7 rings (SSSR count). The summed E-state index contributed by atoms with van der Waals surface area (Å²) in [7, 11) is 0. The maximum absolute atomic E-state index is 9.64. The second kappa shape index (κ2) is 14.6. The summed E-state index contributed by atoms with van der Waals surface area (Å²) >= 11 is 0. The van der Waals surface area contributed by atoms with E-state index in [4.69, 9.17) is 9.97 Å². The van der Waals surface area contributed by atoms with E-state index in [0.717, 1.165) is 39.0 Å². The third kappa shape index (κ3) is 6.66. The fraction of sp³-hybridized carbons (Fsp3) is 0.256. The number of fused-ring (bicyclic) bond motifs is 4. The van der Waals surface area contributed by atoms with Gasteiger partial charge in [0.05, 0.1) is 23.3 Å². The van der Waals surface area contributed by atoms with Crippen molar-refractivity contribution in [2.45, 2.75) is 58.7 Å². The molecule has 2 aromatic heterocycles. The summed E-state index contributed by atoms with van der Waals surface area (Å²) in [6.45, 7) is 9.85. The van der Waals surface area contributed by atoms with E-state index in [9.17, 15) is 10.2 Å². The van der Waals surface area contributed by atoms with Gasteiger partial charge in [0.1, 0.15) is 0 Å². The van der Waals surface area contributed by atoms with E-state index in [0.29, 0.717) is 6.42 Å². The van der Waals surface area contributed by atoms with Crippen LogP contribution in [0.25, 0.3) is 33.2 Å². The molecule has 0 fully saturated rings. The quantitative estimate of drug-likeness (QED) is 0.165. The van der Waals surface area contributed by atoms with Crippen LogP contribution in [0.2, 0.25) is 0 Å². The zero-order chi connectivity index (χ0) is 33.2. The summed E-state index contributed by atoms with van der Waals surface area (Å²) in [6, 6.07) is 46.7. The number of aliphatic hydroxyl groups excluding tert-OH is 2. The van der Waals surface area contributed by atoms with Gasteiger partial charge in [-0.3, -0.25) is 9.97 Å². The molecule has 1 radical (unpaired) electrons. The first-order valence-corrected chi connectivity index (χ1v) is 16.4. The normalized spacial score (nSPS) is 16.2. The summed E-state index contributed by atoms with van der Waals surface area (Å²) in [5, 5.41) is 21.4. The van der Waals surface area contributed by atoms with Crippen molar-refractivity contribution in [1.82, 2.24) is 9.97 Å². The van der Waals surface area contributed by atoms with Gasteiger partial charge in [0, 0.05) is 32.0 Å². The fourth-order valence-electron chi connectivity index (χ4n) is 6.39. The van der Waals surface area contributed by atoms with Crippen LogP contribution < -0.4 is 0 Å². The minimum absolute atomic E-state index is 0. The molecule has 1 aliphatic rings. The Kier molecular flexibility index (Phi) is 10.8. The number of hydrogen-bond donors (Lipinski definition) is 2. The number of hydrogen-bond acceptors (Lipinski definition) is 4. The molecular formula is C43H42IrN2O2-2. The van der Waals surface area contributed by atoms with Crippen LogP contribution in [-0.2, 0) is 25.5 Å². The summed E-state index contributed by atoms with van der Waals surface area (Å²) in [4.78, 5) is 10.3. The Morgan fingerprint density at radius 2 is 1.44 bits per heavy atom. The molecule has 4 aromatic carbocycles. The first-order valence-electron chi connectivity index (χ1n) is 16.4. The molecule has 0 aliphatic heterocycles. The third-order valence-electron chi connectivity index (χ3n) is 9.22. The maximum atomic E-state index is 9.64. The van der Waals surface area contributed by atoms with Gasteiger partial charge in [0.25, 0.3) is 0 Å². The SMILES string of the molecule is CC(C)C(O)CC(O)C(C)(C)C.[Ir].[c-]1ccccc1-c1nc([C@]2(c3ccccn3)c3[c-]cccc3-c3ccccc32)cc2ccccc12. The van der Waals surface area contributed by atoms with Gasteiger partial charge >= 0.3 is 0 Å². The van der Waals surface area contributed by atoms with Crippen LogP contribution in [0, 0.1) is 23.5 Å². The molecule has 6 aromatic rings. The summed E-state index contributed by atoms with van der Waals surface area (Å²) in [5.74, 6) is 0.224. The van der Waals surface area contributed by atoms with Crippen LogP contribution in [0.3, 0.4) is 0 Å². The number of aliphatic hydroxyl groups is 2. The molecule has 48 heavy (non-hydrogen) atoms. The number of benzene rings is 4. The topological polar surface area (TPSA) is 66.2 Å². The first kappa shape index (κ1) is 35.3. The summed E-state index contributed by atoms with van der Waals surface area (Å²) in [5.41, 5.74) is 7.63. The molecule has 0 saturated heterocycles. The van der Waals surface area contributed by atoms with E-state index >= 15 is 0 Å². The van der Waals surface area contributed by atoms with E-state index in [1.54, 1.807) is 0 Å². The minimum Gasteiger partial charge on any atom is -0.393 e. The Morgan fingerprint density at radius 1 is 0.750 bits per heavy atom. The fourth-order valence-corrected chi connectivity index (χ4v) is 6.39. The molecule has 0 amide bonds. The van der Waals surface area contributed by atoms with Crippen LogP contribution in [0.1, 0.15) is 63.6 Å². The standard InChI is InChI=1S/C33H20N2.C10H22O2.Ir/c1-2-12-23(13-3-1)32-25-15-5-4-14-24(25)22-31(35-32)33(30-20-10-11-21-34-30)28-18-8-6-16-26(28)27-17-7-9-19-29(27)33;1-7(2)8(11)6-9(12)10(3,4)5;/h1-12,14-18,20-22H;7-9,11-12H,6H2,1-5H3;/q-2;;/t33-;;/m0../s1. The number of nitrogens with zero attached hydrogens (tertiary/aromatic N) is 2. The van der Waals surface area contributed by atoms with Crippen molar-refractivity contribution in [3.63, 3.8) is 0 Å². The zero-order valence-corrected chi connectivity index (χ0v) is 30.5. The molecule has 1 aliphatic carbocycles. The molecule has 2 heterocycles. The summed E-state index contributed by atoms with van der Waals surface area (Å²) < 4.78 is 0. The zero-order valence-electron chi connectivity index (χ0n) is 28.1. The molecule has 2 unspecified atom stereocenters. The number of pyridine rings is 2. The van der Waals surface area contributed by atoms with Gasteiger partial charge in [0.15, 0.2) is 0 Å². The molecule has 3 atom stereocenters. The molecule has 0 bridgehead atoms. The third-order valence-corrected chi connectivity index (χ3v) is 9.22. The average Bonchev–Trinajstić information content (AvgIpc) is 3.39. The van der Waals surface area contributed by atoms with Crippen molar-refractivity contribution < 1.29 is 30.3 Å². The Labute approximate surface area is 298 Å². The van der Waals surface area contributed by atoms with E-state index < -0.39 is 11.5 Å². The summed E-state index contributed by atoms with van der Waals surface area (Å²) in [6.07, 6.45) is 1.53. The van der Waals surface area contributed by atoms with E-state index in [-0.39, 0.29) is 37.5 Å². The minimum atomic E-state index is -0.679. The van der Waals surface area contributed by atoms with E-state index in [2.05, 4.69) is 97.1 Å². The van der Waals surface area contributed by atoms with Crippen molar-refractivity contribution in [3.8, 4) is 22.4 Å². The van der Waals surface area contributed by atoms with E-state index in [1.165, 1.54) is 16.7 Å². The van der Waals surface area contributed by atoms with Crippen molar-refractivity contribution in [3.05, 3.63) is 156 Å². The van der Waals surface area contributed by atoms with Gasteiger partial charge in [-0.15, -0.1) is 47.0 Å². The second-order valence-corrected chi connectivity index (χ2v) is 13.8. The van der Waals surface area contributed by atoms with Crippen LogP contribution in [0.15, 0.2) is 121 Å². The van der Waals surface area contributed by atoms with Gasteiger partial charge in [-0.05, 0) is 58.0 Å². The van der Waals surface area contributed by atoms with Crippen molar-refractivity contribution in [2.75, 3.05) is 0 Å². The predicted octanol–water partition coefficient (Wildman–Crippen LogP) is 9.06. The monoisotopic (exact) mass is 811 g/mol. The van der Waals surface area contributed by atoms with E-state index in [1.807, 2.05) is 71.1 Å². The Morgan fingerprint density at radius 3 is 2.15 bits per heavy atom. The van der Waals surface area contributed by atoms with Gasteiger partial charge < -0.3 is 10.2 Å². The van der Waals surface area contributed by atoms with Crippen LogP contribution in [0.5, 0.6) is 0 Å². The Hall–Kier alpha value is -3.99. The Balaban J connectivity index is 0.000000300. The van der Waals surface area contributed by atoms with Crippen molar-refractivity contribution in [2.24, 2.45) is 11.3 Å². The molecule has 5 heteroatoms. The van der Waals surface area contributed by atoms with Gasteiger partial charge in [-0.2, -0.15) is 24.3 Å². The van der Waals surface area contributed by atoms with Crippen LogP contribution in [-0.4, -0.2) is 32.4 Å². The van der Waals surface area contributed by atoms with Gasteiger partial charge in [0.2, 0.25) is 0 Å². The number of aromatic nitrogens is 2. The molecule has 0 spiro atoms. The van der Waals surface area contributed by atoms with Crippen molar-refractivity contribution in [1.29, 1.82) is 0 Å². The molecular weight excluding hydrogens is 769 g/mol. The largest absolute Gasteiger partial charge is 0.393 e. The maximum Gasteiger partial charge on any atom is 0.0814 e. The van der Waals surface area contributed by atoms with Gasteiger partial charge in [-0.25, -0.2) is 0 Å². The van der Waals surface area contributed by atoms with Crippen LogP contribution in [0.4, 0.5) is 0 Å². The first-order chi connectivity index (χ1) is 22.6. The van der Waals surface area contributed by atoms with Gasteiger partial charge in [-0.1, -0.05) is 94.8 Å². The molecule has 0 saturated carbocycles.